The number of primary amides is 1. The maximum absolute atomic E-state index is 12.7. The smallest absolute Gasteiger partial charge is 0.404 e. The summed E-state index contributed by atoms with van der Waals surface area (Å²) in [5.74, 6) is -1.83. The van der Waals surface area contributed by atoms with Crippen molar-refractivity contribution in [3.8, 4) is 0 Å². The van der Waals surface area contributed by atoms with E-state index >= 15 is 0 Å². The minimum atomic E-state index is -1.25. The zero-order valence-corrected chi connectivity index (χ0v) is 16.7. The first kappa shape index (κ1) is 22.0. The Hall–Kier alpha value is -2.31. The van der Waals surface area contributed by atoms with Gasteiger partial charge in [-0.25, -0.2) is 14.4 Å². The number of hydrogen-bond acceptors (Lipinski definition) is 10. The highest BCUT2D eigenvalue weighted by Gasteiger charge is 2.52. The average molecular weight is 417 g/mol. The molecule has 0 aromatic rings. The lowest BCUT2D eigenvalue weighted by molar-refractivity contribution is -0.197. The molecule has 0 saturated carbocycles. The van der Waals surface area contributed by atoms with Crippen LogP contribution >= 0.6 is 11.8 Å². The zero-order chi connectivity index (χ0) is 21.2. The molecule has 1 unspecified atom stereocenters. The first-order chi connectivity index (χ1) is 13.0. The van der Waals surface area contributed by atoms with Gasteiger partial charge >= 0.3 is 18.0 Å². The average Bonchev–Trinajstić information content (AvgIpc) is 2.64. The van der Waals surface area contributed by atoms with Crippen molar-refractivity contribution in [2.45, 2.75) is 44.1 Å². The number of nitrogens with two attached hydrogens (primary N) is 2. The molecule has 2 aliphatic rings. The summed E-state index contributed by atoms with van der Waals surface area (Å²) in [4.78, 5) is 48.9. The van der Waals surface area contributed by atoms with Gasteiger partial charge in [0.1, 0.15) is 23.7 Å². The summed E-state index contributed by atoms with van der Waals surface area (Å²) in [5, 5.41) is -0.433. The summed E-state index contributed by atoms with van der Waals surface area (Å²) in [7, 11) is 1.34. The van der Waals surface area contributed by atoms with Crippen LogP contribution < -0.4 is 11.5 Å². The van der Waals surface area contributed by atoms with Crippen molar-refractivity contribution in [1.82, 2.24) is 4.90 Å². The summed E-state index contributed by atoms with van der Waals surface area (Å²) >= 11 is 1.32. The third-order valence-electron chi connectivity index (χ3n) is 4.22. The van der Waals surface area contributed by atoms with Crippen molar-refractivity contribution < 1.29 is 38.1 Å². The van der Waals surface area contributed by atoms with Gasteiger partial charge < -0.3 is 30.4 Å². The van der Waals surface area contributed by atoms with E-state index in [0.29, 0.717) is 5.57 Å². The number of thioether (sulfide) groups is 1. The number of esters is 2. The number of carbonyl (C=O) groups is 4. The number of rotatable bonds is 7. The highest BCUT2D eigenvalue weighted by molar-refractivity contribution is 8.00. The number of nitrogens with zero attached hydrogens (tertiary/aromatic N) is 1. The summed E-state index contributed by atoms with van der Waals surface area (Å²) in [6.45, 7) is 4.05. The number of carbonyl (C=O) groups excluding carboxylic acids is 4. The molecule has 0 radical (unpaired) electrons. The molecule has 2 rings (SSSR count). The van der Waals surface area contributed by atoms with E-state index in [1.165, 1.54) is 44.5 Å². The second kappa shape index (κ2) is 8.37. The molecule has 1 saturated heterocycles. The van der Waals surface area contributed by atoms with Gasteiger partial charge in [0.25, 0.3) is 0 Å². The molecular weight excluding hydrogens is 394 g/mol. The molecular formula is C16H23N3O8S. The lowest BCUT2D eigenvalue weighted by Gasteiger charge is -2.48. The molecule has 28 heavy (non-hydrogen) atoms. The fraction of sp³-hybridized carbons (Fsp3) is 0.625. The Morgan fingerprint density at radius 3 is 2.54 bits per heavy atom. The normalized spacial score (nSPS) is 22.8. The fourth-order valence-electron chi connectivity index (χ4n) is 2.44. The minimum absolute atomic E-state index is 0.0920. The molecule has 0 aromatic carbocycles. The quantitative estimate of drug-likeness (QED) is 0.312. The maximum atomic E-state index is 12.7. The predicted octanol–water partition coefficient (Wildman–Crippen LogP) is -0.564. The van der Waals surface area contributed by atoms with Gasteiger partial charge in [0.2, 0.25) is 12.2 Å². The highest BCUT2D eigenvalue weighted by atomic mass is 32.2. The number of ether oxygens (including phenoxy) is 4. The van der Waals surface area contributed by atoms with Gasteiger partial charge in [-0.3, -0.25) is 9.69 Å². The minimum Gasteiger partial charge on any atom is -0.445 e. The zero-order valence-electron chi connectivity index (χ0n) is 15.9. The van der Waals surface area contributed by atoms with Crippen molar-refractivity contribution in [2.24, 2.45) is 11.5 Å². The van der Waals surface area contributed by atoms with Crippen molar-refractivity contribution >= 4 is 35.7 Å². The highest BCUT2D eigenvalue weighted by Crippen LogP contribution is 2.40. The van der Waals surface area contributed by atoms with Gasteiger partial charge in [0, 0.05) is 25.4 Å². The largest absolute Gasteiger partial charge is 0.445 e. The molecule has 2 aliphatic heterocycles. The number of methoxy groups -OCH3 is 1. The third-order valence-corrected chi connectivity index (χ3v) is 5.58. The van der Waals surface area contributed by atoms with Crippen LogP contribution in [0.25, 0.3) is 0 Å². The number of amides is 2. The second-order valence-electron chi connectivity index (χ2n) is 6.59. The molecule has 3 atom stereocenters. The molecule has 4 N–H and O–H groups in total. The standard InChI is InChI=1S/C16H23N3O8S/c1-7(27-14(22)16(2,3)24-4)26-13(21)10-8(5-25-15(18)23)6-28-12-9(17)11(20)19(10)12/h7,9,12H,5-6,17H2,1-4H3,(H2,18,23)/t7?,9-,12-/m1/s1. The summed E-state index contributed by atoms with van der Waals surface area (Å²) in [6.07, 6.45) is -2.28. The summed E-state index contributed by atoms with van der Waals surface area (Å²) in [6, 6.07) is -0.746. The van der Waals surface area contributed by atoms with Gasteiger partial charge in [-0.05, 0) is 13.8 Å². The Labute approximate surface area is 165 Å². The molecule has 0 aromatic heterocycles. The van der Waals surface area contributed by atoms with Gasteiger partial charge in [-0.2, -0.15) is 0 Å². The van der Waals surface area contributed by atoms with Crippen LogP contribution in [0.5, 0.6) is 0 Å². The molecule has 0 bridgehead atoms. The van der Waals surface area contributed by atoms with E-state index < -0.39 is 47.2 Å². The van der Waals surface area contributed by atoms with Crippen LogP contribution in [0.15, 0.2) is 11.3 Å². The van der Waals surface area contributed by atoms with Crippen molar-refractivity contribution in [2.75, 3.05) is 19.5 Å². The van der Waals surface area contributed by atoms with E-state index in [0.717, 1.165) is 0 Å². The fourth-order valence-corrected chi connectivity index (χ4v) is 3.72. The van der Waals surface area contributed by atoms with Gasteiger partial charge in [-0.1, -0.05) is 0 Å². The van der Waals surface area contributed by atoms with E-state index in [4.69, 9.17) is 30.4 Å². The van der Waals surface area contributed by atoms with Crippen LogP contribution in [0.1, 0.15) is 20.8 Å². The molecule has 0 aliphatic carbocycles. The Bertz CT molecular complexity index is 723. The molecule has 12 heteroatoms. The van der Waals surface area contributed by atoms with Crippen molar-refractivity contribution in [3.63, 3.8) is 0 Å². The topological polar surface area (TPSA) is 160 Å². The Morgan fingerprint density at radius 1 is 1.32 bits per heavy atom. The van der Waals surface area contributed by atoms with Crippen LogP contribution in [0, 0.1) is 0 Å². The van der Waals surface area contributed by atoms with Gasteiger partial charge in [0.05, 0.1) is 0 Å². The SMILES string of the molecule is COC(C)(C)C(=O)OC(C)OC(=O)C1=C(COC(N)=O)CS[C@@H]2[C@H](N)C(=O)N12. The van der Waals surface area contributed by atoms with Crippen LogP contribution in [-0.4, -0.2) is 71.6 Å². The van der Waals surface area contributed by atoms with E-state index in [9.17, 15) is 19.2 Å². The van der Waals surface area contributed by atoms with E-state index in [1.54, 1.807) is 0 Å². The predicted molar refractivity (Wildman–Crippen MR) is 96.4 cm³/mol. The van der Waals surface area contributed by atoms with Crippen molar-refractivity contribution in [3.05, 3.63) is 11.3 Å². The van der Waals surface area contributed by atoms with Crippen LogP contribution in [-0.2, 0) is 33.3 Å². The summed E-state index contributed by atoms with van der Waals surface area (Å²) in [5.41, 5.74) is 9.74. The third kappa shape index (κ3) is 4.39. The van der Waals surface area contributed by atoms with Crippen LogP contribution in [0.3, 0.4) is 0 Å². The molecule has 1 fully saturated rings. The Balaban J connectivity index is 2.16. The molecule has 0 spiro atoms. The lowest BCUT2D eigenvalue weighted by atomic mass is 10.0. The Kier molecular flexibility index (Phi) is 6.57. The molecule has 2 amide bonds. The second-order valence-corrected chi connectivity index (χ2v) is 7.69. The maximum Gasteiger partial charge on any atom is 0.404 e. The van der Waals surface area contributed by atoms with Gasteiger partial charge in [0.15, 0.2) is 5.60 Å². The lowest BCUT2D eigenvalue weighted by Crippen LogP contribution is -2.68. The summed E-state index contributed by atoms with van der Waals surface area (Å²) < 4.78 is 20.0. The van der Waals surface area contributed by atoms with Crippen LogP contribution in [0.2, 0.25) is 0 Å². The van der Waals surface area contributed by atoms with E-state index in [2.05, 4.69) is 0 Å². The molecule has 11 nitrogen and oxygen atoms in total. The van der Waals surface area contributed by atoms with E-state index in [-0.39, 0.29) is 18.1 Å². The molecule has 2 heterocycles. The number of fused-ring (bicyclic) bond motifs is 1. The van der Waals surface area contributed by atoms with Crippen molar-refractivity contribution in [1.29, 1.82) is 0 Å². The Morgan fingerprint density at radius 2 is 1.96 bits per heavy atom. The first-order valence-electron chi connectivity index (χ1n) is 8.31. The number of β-lactam (4-membered cyclic amide) rings is 1. The van der Waals surface area contributed by atoms with Gasteiger partial charge in [-0.15, -0.1) is 11.8 Å². The number of hydrogen-bond donors (Lipinski definition) is 2. The first-order valence-corrected chi connectivity index (χ1v) is 9.36. The monoisotopic (exact) mass is 417 g/mol. The van der Waals surface area contributed by atoms with Crippen LogP contribution in [0.4, 0.5) is 4.79 Å². The van der Waals surface area contributed by atoms with E-state index in [1.807, 2.05) is 0 Å². The molecule has 156 valence electrons.